The number of halogens is 1. The predicted molar refractivity (Wildman–Crippen MR) is 112 cm³/mol. The lowest BCUT2D eigenvalue weighted by Crippen LogP contribution is -2.44. The van der Waals surface area contributed by atoms with Gasteiger partial charge in [0.2, 0.25) is 16.0 Å². The number of nitriles is 1. The van der Waals surface area contributed by atoms with Gasteiger partial charge in [-0.2, -0.15) is 9.57 Å². The van der Waals surface area contributed by atoms with Gasteiger partial charge in [-0.3, -0.25) is 0 Å². The first-order chi connectivity index (χ1) is 13.5. The molecule has 1 saturated heterocycles. The molecule has 0 amide bonds. The second kappa shape index (κ2) is 9.26. The molecule has 3 N–H and O–H groups in total. The molecule has 2 aromatic heterocycles. The summed E-state index contributed by atoms with van der Waals surface area (Å²) in [5.41, 5.74) is 7.33. The van der Waals surface area contributed by atoms with E-state index in [9.17, 15) is 13.5 Å². The highest BCUT2D eigenvalue weighted by atomic mass is 35.5. The number of nitrogen functional groups attached to an aromatic ring is 1. The Balaban J connectivity index is 0.000000212. The van der Waals surface area contributed by atoms with Crippen LogP contribution in [-0.4, -0.2) is 56.9 Å². The van der Waals surface area contributed by atoms with Crippen LogP contribution in [0.1, 0.15) is 57.7 Å². The van der Waals surface area contributed by atoms with Gasteiger partial charge in [0.05, 0.1) is 33.8 Å². The van der Waals surface area contributed by atoms with Gasteiger partial charge in [0.15, 0.2) is 0 Å². The molecular weight excluding hydrogens is 416 g/mol. The van der Waals surface area contributed by atoms with Crippen molar-refractivity contribution in [3.8, 4) is 6.07 Å². The van der Waals surface area contributed by atoms with Gasteiger partial charge in [-0.15, -0.1) is 5.10 Å². The predicted octanol–water partition coefficient (Wildman–Crippen LogP) is 2.14. The lowest BCUT2D eigenvalue weighted by atomic mass is 10.1. The molecule has 1 aliphatic rings. The maximum atomic E-state index is 11.6. The molecule has 0 aromatic carbocycles. The van der Waals surface area contributed by atoms with Crippen LogP contribution in [0.4, 0.5) is 5.95 Å². The Labute approximate surface area is 176 Å². The summed E-state index contributed by atoms with van der Waals surface area (Å²) in [6.07, 6.45) is 2.51. The van der Waals surface area contributed by atoms with Crippen LogP contribution in [0.15, 0.2) is 6.20 Å². The molecule has 1 aliphatic heterocycles. The maximum Gasteiger partial charge on any atom is 0.238 e. The molecule has 3 heterocycles. The van der Waals surface area contributed by atoms with E-state index in [2.05, 4.69) is 16.2 Å². The molecule has 2 aromatic rings. The van der Waals surface area contributed by atoms with Crippen molar-refractivity contribution in [1.29, 1.82) is 5.26 Å². The van der Waals surface area contributed by atoms with E-state index in [1.54, 1.807) is 18.4 Å². The van der Waals surface area contributed by atoms with E-state index in [4.69, 9.17) is 22.6 Å². The lowest BCUT2D eigenvalue weighted by molar-refractivity contribution is 0.107. The quantitative estimate of drug-likeness (QED) is 0.742. The van der Waals surface area contributed by atoms with E-state index >= 15 is 0 Å². The van der Waals surface area contributed by atoms with Crippen LogP contribution in [0.5, 0.6) is 0 Å². The number of nitrogens with zero attached hydrogens (tertiary/aromatic N) is 5. The Morgan fingerprint density at radius 3 is 2.55 bits per heavy atom. The van der Waals surface area contributed by atoms with Crippen molar-refractivity contribution >= 4 is 33.1 Å². The van der Waals surface area contributed by atoms with Crippen molar-refractivity contribution in [2.24, 2.45) is 0 Å². The number of piperidine rings is 1. The van der Waals surface area contributed by atoms with Crippen molar-refractivity contribution in [2.75, 3.05) is 18.8 Å². The van der Waals surface area contributed by atoms with Crippen LogP contribution in [-0.2, 0) is 10.0 Å². The van der Waals surface area contributed by atoms with Gasteiger partial charge < -0.3 is 10.8 Å². The highest BCUT2D eigenvalue weighted by Crippen LogP contribution is 2.31. The summed E-state index contributed by atoms with van der Waals surface area (Å²) >= 11 is 6.09. The number of nitrogens with two attached hydrogens (primary N) is 1. The Kier molecular flexibility index (Phi) is 7.45. The zero-order valence-corrected chi connectivity index (χ0v) is 18.6. The zero-order chi connectivity index (χ0) is 21.9. The number of hydrogen-bond donors (Lipinski definition) is 2. The third kappa shape index (κ3) is 4.98. The van der Waals surface area contributed by atoms with Crippen LogP contribution in [0.3, 0.4) is 0 Å². The number of rotatable bonds is 3. The highest BCUT2D eigenvalue weighted by molar-refractivity contribution is 7.89. The Hall–Kier alpha value is -1.93. The molecule has 0 bridgehead atoms. The molecule has 1 atom stereocenters. The van der Waals surface area contributed by atoms with Crippen molar-refractivity contribution in [1.82, 2.24) is 18.9 Å². The summed E-state index contributed by atoms with van der Waals surface area (Å²) in [5.74, 6) is 0.287. The van der Waals surface area contributed by atoms with Gasteiger partial charge in [-0.05, 0) is 32.6 Å². The van der Waals surface area contributed by atoms with Crippen molar-refractivity contribution < 1.29 is 13.5 Å². The Morgan fingerprint density at radius 1 is 1.38 bits per heavy atom. The molecule has 0 saturated carbocycles. The molecule has 1 fully saturated rings. The monoisotopic (exact) mass is 442 g/mol. The topological polar surface area (TPSA) is 138 Å². The number of β-amino-alcohol motifs (C(OH)–C–C–N with tert-alkyl or cyclic N) is 1. The minimum atomic E-state index is -3.16. The van der Waals surface area contributed by atoms with Gasteiger partial charge in [0, 0.05) is 13.1 Å². The van der Waals surface area contributed by atoms with Gasteiger partial charge in [-0.25, -0.2) is 17.9 Å². The standard InChI is InChI=1S/C10H10ClN5.C8H17NO3S/c1-5(2)9-6(3-12)8(11)7-4-14-10(13)15-16(7)9;1-7(2)13(11,12)9-5-3-4-8(10)6-9/h4-5H,1-2H3,(H2,13,15);7-8,10H,3-6H2,1-2H3. The van der Waals surface area contributed by atoms with E-state index in [-0.39, 0.29) is 18.4 Å². The van der Waals surface area contributed by atoms with E-state index < -0.39 is 21.4 Å². The minimum Gasteiger partial charge on any atom is -0.392 e. The number of fused-ring (bicyclic) bond motifs is 1. The van der Waals surface area contributed by atoms with Gasteiger partial charge in [0.1, 0.15) is 11.6 Å². The minimum absolute atomic E-state index is 0.129. The number of hydrogen-bond acceptors (Lipinski definition) is 7. The number of aliphatic hydroxyl groups excluding tert-OH is 1. The van der Waals surface area contributed by atoms with Crippen LogP contribution < -0.4 is 5.73 Å². The van der Waals surface area contributed by atoms with Crippen LogP contribution in [0, 0.1) is 11.3 Å². The summed E-state index contributed by atoms with van der Waals surface area (Å²) in [7, 11) is -3.16. The number of aromatic nitrogens is 3. The molecule has 1 unspecified atom stereocenters. The first-order valence-corrected chi connectivity index (χ1v) is 11.3. The number of aliphatic hydroxyl groups is 1. The largest absolute Gasteiger partial charge is 0.392 e. The second-order valence-corrected chi connectivity index (χ2v) is 10.4. The van der Waals surface area contributed by atoms with Gasteiger partial charge in [0.25, 0.3) is 0 Å². The third-order valence-corrected chi connectivity index (χ3v) is 7.28. The Morgan fingerprint density at radius 2 is 2.03 bits per heavy atom. The van der Waals surface area contributed by atoms with Crippen molar-refractivity contribution in [3.05, 3.63) is 22.5 Å². The lowest BCUT2D eigenvalue weighted by Gasteiger charge is -2.30. The number of sulfonamides is 1. The zero-order valence-electron chi connectivity index (χ0n) is 17.0. The van der Waals surface area contributed by atoms with E-state index in [1.165, 1.54) is 10.5 Å². The van der Waals surface area contributed by atoms with Crippen molar-refractivity contribution in [3.63, 3.8) is 0 Å². The maximum absolute atomic E-state index is 11.6. The fourth-order valence-corrected chi connectivity index (χ4v) is 4.76. The molecule has 29 heavy (non-hydrogen) atoms. The van der Waals surface area contributed by atoms with E-state index in [0.717, 1.165) is 12.1 Å². The smallest absolute Gasteiger partial charge is 0.238 e. The first-order valence-electron chi connectivity index (χ1n) is 9.40. The molecule has 9 nitrogen and oxygen atoms in total. The summed E-state index contributed by atoms with van der Waals surface area (Å²) in [6, 6.07) is 2.09. The van der Waals surface area contributed by atoms with Crippen LogP contribution in [0.25, 0.3) is 5.52 Å². The second-order valence-electron chi connectivity index (χ2n) is 7.50. The van der Waals surface area contributed by atoms with Gasteiger partial charge >= 0.3 is 0 Å². The third-order valence-electron chi connectivity index (χ3n) is 4.65. The summed E-state index contributed by atoms with van der Waals surface area (Å²) in [5, 5.41) is 22.5. The highest BCUT2D eigenvalue weighted by Gasteiger charge is 2.30. The first kappa shape index (κ1) is 23.3. The molecule has 0 aliphatic carbocycles. The van der Waals surface area contributed by atoms with Crippen molar-refractivity contribution in [2.45, 2.75) is 57.8 Å². The van der Waals surface area contributed by atoms with Gasteiger partial charge in [-0.1, -0.05) is 25.4 Å². The fourth-order valence-electron chi connectivity index (χ4n) is 3.13. The average Bonchev–Trinajstić information content (AvgIpc) is 2.93. The molecule has 160 valence electrons. The molecule has 11 heteroatoms. The van der Waals surface area contributed by atoms with E-state index in [0.29, 0.717) is 29.1 Å². The fraction of sp³-hybridized carbons (Fsp3) is 0.611. The summed E-state index contributed by atoms with van der Waals surface area (Å²) in [6.45, 7) is 8.08. The number of anilines is 1. The average molecular weight is 443 g/mol. The SMILES string of the molecule is CC(C)S(=O)(=O)N1CCCC(O)C1.CC(C)c1c(C#N)c(Cl)c2cnc(N)nn12. The summed E-state index contributed by atoms with van der Waals surface area (Å²) in [4.78, 5) is 3.87. The molecule has 0 radical (unpaired) electrons. The molecule has 3 rings (SSSR count). The molecular formula is C18H27ClN6O3S. The Bertz CT molecular complexity index is 1010. The normalized spacial score (nSPS) is 18.0. The van der Waals surface area contributed by atoms with Crippen LogP contribution in [0.2, 0.25) is 5.02 Å². The van der Waals surface area contributed by atoms with Crippen LogP contribution >= 0.6 is 11.6 Å². The molecule has 0 spiro atoms. The summed E-state index contributed by atoms with van der Waals surface area (Å²) < 4.78 is 26.3. The van der Waals surface area contributed by atoms with E-state index in [1.807, 2.05) is 13.8 Å².